The van der Waals surface area contributed by atoms with Gasteiger partial charge in [-0.05, 0) is 17.9 Å². The summed E-state index contributed by atoms with van der Waals surface area (Å²) in [5.74, 6) is 0.656. The van der Waals surface area contributed by atoms with Crippen LogP contribution < -0.4 is 10.4 Å². The number of benzene rings is 3. The molecule has 0 N–H and O–H groups in total. The standard InChI is InChI=1S/C22H26Si2/c1-18(19-11-5-2-6-12-19)17-22(23-20-13-7-3-8-14-20)24-21-15-9-4-10-16-21/h2-16,18,22H,17,23-24H2,1H3. The zero-order chi connectivity index (χ0) is 16.6. The van der Waals surface area contributed by atoms with Crippen molar-refractivity contribution >= 4 is 29.4 Å². The number of hydrogen-bond donors (Lipinski definition) is 0. The lowest BCUT2D eigenvalue weighted by Crippen LogP contribution is -2.30. The highest BCUT2D eigenvalue weighted by Gasteiger charge is 2.17. The Labute approximate surface area is 150 Å². The molecule has 0 amide bonds. The van der Waals surface area contributed by atoms with Crippen LogP contribution in [0.2, 0.25) is 5.16 Å². The summed E-state index contributed by atoms with van der Waals surface area (Å²) < 4.78 is 0. The van der Waals surface area contributed by atoms with Gasteiger partial charge in [-0.25, -0.2) is 0 Å². The Morgan fingerprint density at radius 1 is 0.625 bits per heavy atom. The van der Waals surface area contributed by atoms with Crippen molar-refractivity contribution in [1.82, 2.24) is 0 Å². The van der Waals surface area contributed by atoms with Crippen molar-refractivity contribution in [2.45, 2.75) is 24.4 Å². The predicted molar refractivity (Wildman–Crippen MR) is 112 cm³/mol. The van der Waals surface area contributed by atoms with Crippen molar-refractivity contribution < 1.29 is 0 Å². The Balaban J connectivity index is 1.73. The molecule has 24 heavy (non-hydrogen) atoms. The van der Waals surface area contributed by atoms with Gasteiger partial charge in [-0.3, -0.25) is 0 Å². The van der Waals surface area contributed by atoms with Crippen molar-refractivity contribution in [3.05, 3.63) is 96.6 Å². The largest absolute Gasteiger partial charge is 0.0669 e. The molecular formula is C22H26Si2. The van der Waals surface area contributed by atoms with Gasteiger partial charge < -0.3 is 0 Å². The van der Waals surface area contributed by atoms with Crippen LogP contribution in [0.1, 0.15) is 24.8 Å². The molecule has 0 heterocycles. The Hall–Kier alpha value is -1.91. The molecule has 0 aromatic heterocycles. The average Bonchev–Trinajstić information content (AvgIpc) is 2.64. The number of hydrogen-bond acceptors (Lipinski definition) is 0. The van der Waals surface area contributed by atoms with Crippen LogP contribution in [-0.2, 0) is 0 Å². The second-order valence-electron chi connectivity index (χ2n) is 6.79. The smallest absolute Gasteiger partial charge is 0.0550 e. The van der Waals surface area contributed by atoms with Gasteiger partial charge in [-0.15, -0.1) is 0 Å². The molecule has 0 nitrogen and oxygen atoms in total. The lowest BCUT2D eigenvalue weighted by molar-refractivity contribution is 0.709. The minimum Gasteiger partial charge on any atom is -0.0669 e. The van der Waals surface area contributed by atoms with Crippen LogP contribution in [0.3, 0.4) is 0 Å². The third kappa shape index (κ3) is 5.05. The fourth-order valence-corrected chi connectivity index (χ4v) is 9.88. The van der Waals surface area contributed by atoms with Gasteiger partial charge in [-0.2, -0.15) is 0 Å². The van der Waals surface area contributed by atoms with Crippen molar-refractivity contribution in [2.75, 3.05) is 0 Å². The third-order valence-corrected chi connectivity index (χ3v) is 10.2. The molecule has 0 fully saturated rings. The molecule has 122 valence electrons. The van der Waals surface area contributed by atoms with Gasteiger partial charge >= 0.3 is 0 Å². The monoisotopic (exact) mass is 346 g/mol. The first-order valence-corrected chi connectivity index (χ1v) is 12.0. The summed E-state index contributed by atoms with van der Waals surface area (Å²) in [5.41, 5.74) is 1.49. The minimum absolute atomic E-state index is 0.227. The van der Waals surface area contributed by atoms with Crippen LogP contribution in [-0.4, -0.2) is 19.0 Å². The van der Waals surface area contributed by atoms with E-state index in [1.54, 1.807) is 10.4 Å². The molecule has 3 aromatic rings. The lowest BCUT2D eigenvalue weighted by Gasteiger charge is -2.21. The average molecular weight is 347 g/mol. The zero-order valence-electron chi connectivity index (χ0n) is 14.4. The van der Waals surface area contributed by atoms with E-state index in [2.05, 4.69) is 97.9 Å². The Morgan fingerprint density at radius 3 is 1.50 bits per heavy atom. The van der Waals surface area contributed by atoms with E-state index in [4.69, 9.17) is 0 Å². The summed E-state index contributed by atoms with van der Waals surface area (Å²) >= 11 is 0. The predicted octanol–water partition coefficient (Wildman–Crippen LogP) is 2.91. The second-order valence-corrected chi connectivity index (χ2v) is 12.7. The molecular weight excluding hydrogens is 320 g/mol. The quantitative estimate of drug-likeness (QED) is 0.577. The summed E-state index contributed by atoms with van der Waals surface area (Å²) in [6, 6.07) is 33.4. The Kier molecular flexibility index (Phi) is 6.22. The molecule has 0 aliphatic rings. The lowest BCUT2D eigenvalue weighted by atomic mass is 9.99. The fourth-order valence-electron chi connectivity index (χ4n) is 3.55. The SMILES string of the molecule is CC(CC([SiH2]c1ccccc1)[SiH2]c1ccccc1)c1ccccc1. The molecule has 3 aromatic carbocycles. The van der Waals surface area contributed by atoms with Crippen LogP contribution in [0.25, 0.3) is 0 Å². The third-order valence-electron chi connectivity index (χ3n) is 4.79. The topological polar surface area (TPSA) is 0 Å². The van der Waals surface area contributed by atoms with Gasteiger partial charge in [0.05, 0.1) is 19.0 Å². The molecule has 1 atom stereocenters. The molecule has 0 saturated carbocycles. The van der Waals surface area contributed by atoms with E-state index >= 15 is 0 Å². The van der Waals surface area contributed by atoms with Gasteiger partial charge in [0, 0.05) is 0 Å². The molecule has 0 spiro atoms. The van der Waals surface area contributed by atoms with Crippen LogP contribution in [0.5, 0.6) is 0 Å². The Morgan fingerprint density at radius 2 is 1.04 bits per heavy atom. The number of rotatable bonds is 7. The molecule has 0 bridgehead atoms. The van der Waals surface area contributed by atoms with Crippen molar-refractivity contribution in [1.29, 1.82) is 0 Å². The normalized spacial score (nSPS) is 14.4. The molecule has 0 radical (unpaired) electrons. The first kappa shape index (κ1) is 16.9. The van der Waals surface area contributed by atoms with E-state index in [9.17, 15) is 0 Å². The molecule has 1 unspecified atom stereocenters. The van der Waals surface area contributed by atoms with E-state index in [-0.39, 0.29) is 19.0 Å². The summed E-state index contributed by atoms with van der Waals surface area (Å²) in [6.45, 7) is 2.40. The van der Waals surface area contributed by atoms with Crippen LogP contribution >= 0.6 is 0 Å². The van der Waals surface area contributed by atoms with Crippen molar-refractivity contribution in [3.8, 4) is 0 Å². The van der Waals surface area contributed by atoms with E-state index < -0.39 is 0 Å². The first-order valence-electron chi connectivity index (χ1n) is 8.94. The van der Waals surface area contributed by atoms with Crippen molar-refractivity contribution in [3.63, 3.8) is 0 Å². The van der Waals surface area contributed by atoms with Gasteiger partial charge in [0.1, 0.15) is 0 Å². The van der Waals surface area contributed by atoms with E-state index in [1.807, 2.05) is 0 Å². The molecule has 0 saturated heterocycles. The van der Waals surface area contributed by atoms with Crippen LogP contribution in [0, 0.1) is 0 Å². The second kappa shape index (κ2) is 8.81. The summed E-state index contributed by atoms with van der Waals surface area (Å²) in [4.78, 5) is 0. The highest BCUT2D eigenvalue weighted by Crippen LogP contribution is 2.25. The maximum Gasteiger partial charge on any atom is 0.0550 e. The van der Waals surface area contributed by atoms with Crippen LogP contribution in [0.4, 0.5) is 0 Å². The maximum atomic E-state index is 2.40. The zero-order valence-corrected chi connectivity index (χ0v) is 17.3. The van der Waals surface area contributed by atoms with E-state index in [0.29, 0.717) is 5.92 Å². The molecule has 0 aliphatic carbocycles. The van der Waals surface area contributed by atoms with Gasteiger partial charge in [-0.1, -0.05) is 113 Å². The van der Waals surface area contributed by atoms with Crippen LogP contribution in [0.15, 0.2) is 91.0 Å². The maximum absolute atomic E-state index is 2.40. The van der Waals surface area contributed by atoms with Crippen molar-refractivity contribution in [2.24, 2.45) is 0 Å². The van der Waals surface area contributed by atoms with Gasteiger partial charge in [0.2, 0.25) is 0 Å². The molecule has 2 heteroatoms. The highest BCUT2D eigenvalue weighted by molar-refractivity contribution is 6.73. The Bertz CT molecular complexity index is 669. The highest BCUT2D eigenvalue weighted by atomic mass is 28.3. The molecule has 3 rings (SSSR count). The summed E-state index contributed by atoms with van der Waals surface area (Å²) in [5, 5.41) is 4.17. The van der Waals surface area contributed by atoms with E-state index in [1.165, 1.54) is 12.0 Å². The minimum atomic E-state index is -0.227. The molecule has 0 aliphatic heterocycles. The fraction of sp³-hybridized carbons (Fsp3) is 0.182. The summed E-state index contributed by atoms with van der Waals surface area (Å²) in [7, 11) is -0.454. The van der Waals surface area contributed by atoms with Gasteiger partial charge in [0.25, 0.3) is 0 Å². The first-order chi connectivity index (χ1) is 11.8. The summed E-state index contributed by atoms with van der Waals surface area (Å²) in [6.07, 6.45) is 1.34. The van der Waals surface area contributed by atoms with E-state index in [0.717, 1.165) is 5.16 Å². The van der Waals surface area contributed by atoms with Gasteiger partial charge in [0.15, 0.2) is 0 Å².